The van der Waals surface area contributed by atoms with Crippen LogP contribution in [0.5, 0.6) is 0 Å². The van der Waals surface area contributed by atoms with Crippen molar-refractivity contribution in [1.82, 2.24) is 9.78 Å². The molecule has 1 rings (SSSR count). The Kier molecular flexibility index (Phi) is 5.18. The molecule has 0 amide bonds. The van der Waals surface area contributed by atoms with Crippen molar-refractivity contribution in [2.45, 2.75) is 46.2 Å². The first-order chi connectivity index (χ1) is 7.97. The number of hydrogen-bond donors (Lipinski definition) is 2. The van der Waals surface area contributed by atoms with E-state index < -0.39 is 0 Å². The molecule has 0 aliphatic heterocycles. The number of nitrogens with one attached hydrogen (secondary N) is 1. The molecule has 4 nitrogen and oxygen atoms in total. The third kappa shape index (κ3) is 3.56. The summed E-state index contributed by atoms with van der Waals surface area (Å²) < 4.78 is 1.97. The summed E-state index contributed by atoms with van der Waals surface area (Å²) in [6.45, 7) is 8.36. The van der Waals surface area contributed by atoms with Crippen molar-refractivity contribution in [2.24, 2.45) is 0 Å². The van der Waals surface area contributed by atoms with Crippen LogP contribution in [0.3, 0.4) is 0 Å². The molecule has 3 N–H and O–H groups in total. The Labute approximate surface area is 108 Å². The summed E-state index contributed by atoms with van der Waals surface area (Å²) in [6.07, 6.45) is 3.26. The summed E-state index contributed by atoms with van der Waals surface area (Å²) in [4.78, 5) is 0. The number of anilines is 2. The van der Waals surface area contributed by atoms with E-state index in [1.165, 1.54) is 0 Å². The Balaban J connectivity index is 2.81. The first kappa shape index (κ1) is 14.2. The maximum atomic E-state index is 6.07. The maximum Gasteiger partial charge on any atom is 0.148 e. The molecule has 1 aromatic heterocycles. The van der Waals surface area contributed by atoms with E-state index in [4.69, 9.17) is 5.73 Å². The molecule has 0 radical (unpaired) electrons. The van der Waals surface area contributed by atoms with Crippen molar-refractivity contribution >= 4 is 23.3 Å². The molecule has 1 aromatic rings. The Morgan fingerprint density at radius 2 is 2.06 bits per heavy atom. The van der Waals surface area contributed by atoms with Gasteiger partial charge in [-0.15, -0.1) is 0 Å². The molecule has 0 aliphatic rings. The predicted octanol–water partition coefficient (Wildman–Crippen LogP) is 2.91. The molecule has 0 spiro atoms. The minimum Gasteiger partial charge on any atom is -0.394 e. The zero-order valence-corrected chi connectivity index (χ0v) is 12.3. The Morgan fingerprint density at radius 1 is 1.41 bits per heavy atom. The molecule has 17 heavy (non-hydrogen) atoms. The van der Waals surface area contributed by atoms with E-state index in [1.807, 2.05) is 23.4 Å². The van der Waals surface area contributed by atoms with Crippen molar-refractivity contribution in [2.75, 3.05) is 23.1 Å². The van der Waals surface area contributed by atoms with Crippen LogP contribution in [-0.4, -0.2) is 27.8 Å². The smallest absolute Gasteiger partial charge is 0.148 e. The Hall–Kier alpha value is -0.840. The van der Waals surface area contributed by atoms with Crippen LogP contribution >= 0.6 is 11.8 Å². The minimum absolute atomic E-state index is 0.321. The molecule has 1 unspecified atom stereocenters. The van der Waals surface area contributed by atoms with Crippen molar-refractivity contribution in [1.29, 1.82) is 0 Å². The second kappa shape index (κ2) is 6.19. The number of hydrogen-bond acceptors (Lipinski definition) is 4. The second-order valence-corrected chi connectivity index (χ2v) is 5.70. The molecule has 98 valence electrons. The van der Waals surface area contributed by atoms with E-state index in [9.17, 15) is 0 Å². The summed E-state index contributed by atoms with van der Waals surface area (Å²) >= 11 is 1.87. The van der Waals surface area contributed by atoms with Gasteiger partial charge in [-0.2, -0.15) is 16.9 Å². The standard InChI is InChI=1S/C12H24N4S/c1-8(2)16-12(11(13)10(4)15-16)14-9(3)6-7-17-5/h8-9,14H,6-7,13H2,1-5H3. The highest BCUT2D eigenvalue weighted by atomic mass is 32.2. The largest absolute Gasteiger partial charge is 0.394 e. The maximum absolute atomic E-state index is 6.07. The number of aromatic nitrogens is 2. The fourth-order valence-electron chi connectivity index (χ4n) is 1.68. The summed E-state index contributed by atoms with van der Waals surface area (Å²) in [7, 11) is 0. The normalized spacial score (nSPS) is 13.1. The number of rotatable bonds is 6. The number of aryl methyl sites for hydroxylation is 1. The third-order valence-electron chi connectivity index (χ3n) is 2.76. The lowest BCUT2D eigenvalue weighted by Crippen LogP contribution is -2.20. The van der Waals surface area contributed by atoms with E-state index >= 15 is 0 Å². The van der Waals surface area contributed by atoms with Crippen LogP contribution in [0.2, 0.25) is 0 Å². The van der Waals surface area contributed by atoms with Crippen LogP contribution in [0.25, 0.3) is 0 Å². The minimum atomic E-state index is 0.321. The van der Waals surface area contributed by atoms with Crippen molar-refractivity contribution in [3.05, 3.63) is 5.69 Å². The molecule has 0 aliphatic carbocycles. The SMILES string of the molecule is CSCCC(C)Nc1c(N)c(C)nn1C(C)C. The summed E-state index contributed by atoms with van der Waals surface area (Å²) in [5.74, 6) is 2.12. The van der Waals surface area contributed by atoms with Gasteiger partial charge in [0.25, 0.3) is 0 Å². The highest BCUT2D eigenvalue weighted by Gasteiger charge is 2.16. The summed E-state index contributed by atoms with van der Waals surface area (Å²) in [5, 5.41) is 7.94. The lowest BCUT2D eigenvalue weighted by atomic mass is 10.2. The van der Waals surface area contributed by atoms with E-state index in [-0.39, 0.29) is 0 Å². The molecule has 1 heterocycles. The van der Waals surface area contributed by atoms with Crippen LogP contribution < -0.4 is 11.1 Å². The Bertz CT molecular complexity index is 360. The first-order valence-corrected chi connectivity index (χ1v) is 7.46. The quantitative estimate of drug-likeness (QED) is 0.821. The molecule has 0 bridgehead atoms. The van der Waals surface area contributed by atoms with Crippen LogP contribution in [0.15, 0.2) is 0 Å². The molecule has 0 saturated heterocycles. The van der Waals surface area contributed by atoms with Crippen LogP contribution in [0, 0.1) is 6.92 Å². The van der Waals surface area contributed by atoms with Gasteiger partial charge in [0, 0.05) is 12.1 Å². The molecule has 0 saturated carbocycles. The first-order valence-electron chi connectivity index (χ1n) is 6.07. The lowest BCUT2D eigenvalue weighted by molar-refractivity contribution is 0.531. The fourth-order valence-corrected chi connectivity index (χ4v) is 2.27. The van der Waals surface area contributed by atoms with Gasteiger partial charge in [-0.05, 0) is 46.1 Å². The van der Waals surface area contributed by atoms with Crippen molar-refractivity contribution in [3.8, 4) is 0 Å². The molecule has 5 heteroatoms. The topological polar surface area (TPSA) is 55.9 Å². The molecule has 0 aromatic carbocycles. The average Bonchev–Trinajstić information content (AvgIpc) is 2.54. The van der Waals surface area contributed by atoms with Gasteiger partial charge in [0.05, 0.1) is 11.4 Å². The third-order valence-corrected chi connectivity index (χ3v) is 3.40. The summed E-state index contributed by atoms with van der Waals surface area (Å²) in [5.41, 5.74) is 7.74. The Morgan fingerprint density at radius 3 is 2.59 bits per heavy atom. The van der Waals surface area contributed by atoms with Crippen LogP contribution in [0.1, 0.15) is 38.9 Å². The highest BCUT2D eigenvalue weighted by molar-refractivity contribution is 7.98. The number of nitrogens with zero attached hydrogens (tertiary/aromatic N) is 2. The lowest BCUT2D eigenvalue weighted by Gasteiger charge is -2.18. The number of thioether (sulfide) groups is 1. The predicted molar refractivity (Wildman–Crippen MR) is 77.8 cm³/mol. The van der Waals surface area contributed by atoms with Gasteiger partial charge in [0.15, 0.2) is 0 Å². The van der Waals surface area contributed by atoms with E-state index in [2.05, 4.69) is 37.4 Å². The van der Waals surface area contributed by atoms with Gasteiger partial charge in [-0.1, -0.05) is 0 Å². The zero-order valence-electron chi connectivity index (χ0n) is 11.4. The van der Waals surface area contributed by atoms with Gasteiger partial charge >= 0.3 is 0 Å². The monoisotopic (exact) mass is 256 g/mol. The van der Waals surface area contributed by atoms with Crippen molar-refractivity contribution in [3.63, 3.8) is 0 Å². The van der Waals surface area contributed by atoms with Gasteiger partial charge in [0.2, 0.25) is 0 Å². The highest BCUT2D eigenvalue weighted by Crippen LogP contribution is 2.26. The molecular formula is C12H24N4S. The van der Waals surface area contributed by atoms with Crippen molar-refractivity contribution < 1.29 is 0 Å². The van der Waals surface area contributed by atoms with Crippen LogP contribution in [0.4, 0.5) is 11.5 Å². The molecule has 1 atom stereocenters. The molecule has 0 fully saturated rings. The van der Waals surface area contributed by atoms with E-state index in [1.54, 1.807) is 0 Å². The van der Waals surface area contributed by atoms with E-state index in [0.29, 0.717) is 12.1 Å². The van der Waals surface area contributed by atoms with Crippen LogP contribution in [-0.2, 0) is 0 Å². The average molecular weight is 256 g/mol. The number of nitrogens with two attached hydrogens (primary N) is 1. The fraction of sp³-hybridized carbons (Fsp3) is 0.750. The van der Waals surface area contributed by atoms with Gasteiger partial charge in [0.1, 0.15) is 5.82 Å². The second-order valence-electron chi connectivity index (χ2n) is 4.71. The zero-order chi connectivity index (χ0) is 13.0. The number of nitrogen functional groups attached to an aromatic ring is 1. The summed E-state index contributed by atoms with van der Waals surface area (Å²) in [6, 6.07) is 0.736. The van der Waals surface area contributed by atoms with E-state index in [0.717, 1.165) is 29.4 Å². The van der Waals surface area contributed by atoms with Gasteiger partial charge in [-0.3, -0.25) is 0 Å². The van der Waals surface area contributed by atoms with Gasteiger partial charge in [-0.25, -0.2) is 4.68 Å². The van der Waals surface area contributed by atoms with Gasteiger partial charge < -0.3 is 11.1 Å². The molecular weight excluding hydrogens is 232 g/mol.